The number of hydrogen-bond donors (Lipinski definition) is 1. The van der Waals surface area contributed by atoms with Gasteiger partial charge < -0.3 is 15.1 Å². The van der Waals surface area contributed by atoms with Gasteiger partial charge in [0.15, 0.2) is 5.96 Å². The van der Waals surface area contributed by atoms with Crippen LogP contribution in [0.25, 0.3) is 0 Å². The maximum Gasteiger partial charge on any atom is 0.193 e. The monoisotopic (exact) mass is 308 g/mol. The lowest BCUT2D eigenvalue weighted by molar-refractivity contribution is 0.214. The third-order valence-corrected chi connectivity index (χ3v) is 4.95. The van der Waals surface area contributed by atoms with E-state index in [2.05, 4.69) is 42.9 Å². The van der Waals surface area contributed by atoms with Crippen molar-refractivity contribution in [2.75, 3.05) is 46.3 Å². The van der Waals surface area contributed by atoms with Crippen LogP contribution in [-0.2, 0) is 0 Å². The maximum atomic E-state index is 4.97. The minimum Gasteiger partial charge on any atom is -0.357 e. The molecule has 4 heteroatoms. The number of nitrogens with one attached hydrogen (secondary N) is 1. The molecule has 2 atom stereocenters. The third-order valence-electron chi connectivity index (χ3n) is 4.95. The second-order valence-corrected chi connectivity index (χ2v) is 7.70. The van der Waals surface area contributed by atoms with E-state index in [0.717, 1.165) is 36.8 Å². The molecule has 0 aromatic rings. The molecule has 2 fully saturated rings. The van der Waals surface area contributed by atoms with Gasteiger partial charge in [-0.3, -0.25) is 4.99 Å². The van der Waals surface area contributed by atoms with Crippen LogP contribution in [0.2, 0.25) is 0 Å². The number of likely N-dealkylation sites (tertiary alicyclic amines) is 2. The largest absolute Gasteiger partial charge is 0.357 e. The Morgan fingerprint density at radius 1 is 1.18 bits per heavy atom. The summed E-state index contributed by atoms with van der Waals surface area (Å²) in [5.41, 5.74) is 0. The van der Waals surface area contributed by atoms with E-state index in [9.17, 15) is 0 Å². The molecule has 2 unspecified atom stereocenters. The molecule has 4 nitrogen and oxygen atoms in total. The van der Waals surface area contributed by atoms with Gasteiger partial charge in [-0.2, -0.15) is 0 Å². The molecular weight excluding hydrogens is 272 g/mol. The van der Waals surface area contributed by atoms with Crippen LogP contribution >= 0.6 is 0 Å². The molecule has 0 aliphatic carbocycles. The summed E-state index contributed by atoms with van der Waals surface area (Å²) in [6, 6.07) is 0. The van der Waals surface area contributed by atoms with E-state index in [-0.39, 0.29) is 0 Å². The minimum atomic E-state index is 0.737. The first-order valence-electron chi connectivity index (χ1n) is 9.30. The van der Waals surface area contributed by atoms with Crippen LogP contribution in [0.1, 0.15) is 46.5 Å². The Labute approximate surface area is 137 Å². The van der Waals surface area contributed by atoms with Crippen LogP contribution in [0.4, 0.5) is 0 Å². The molecule has 2 heterocycles. The number of piperidine rings is 1. The van der Waals surface area contributed by atoms with Crippen LogP contribution < -0.4 is 5.32 Å². The van der Waals surface area contributed by atoms with Crippen molar-refractivity contribution in [2.24, 2.45) is 22.7 Å². The van der Waals surface area contributed by atoms with Gasteiger partial charge >= 0.3 is 0 Å². The van der Waals surface area contributed by atoms with Crippen LogP contribution in [0.15, 0.2) is 4.99 Å². The normalized spacial score (nSPS) is 27.7. The Hall–Kier alpha value is -0.770. The topological polar surface area (TPSA) is 30.9 Å². The first-order valence-corrected chi connectivity index (χ1v) is 9.30. The Bertz CT molecular complexity index is 353. The van der Waals surface area contributed by atoms with Gasteiger partial charge in [0.2, 0.25) is 0 Å². The van der Waals surface area contributed by atoms with Crippen molar-refractivity contribution in [3.05, 3.63) is 0 Å². The van der Waals surface area contributed by atoms with Gasteiger partial charge in [0.1, 0.15) is 0 Å². The van der Waals surface area contributed by atoms with Crippen molar-refractivity contribution in [3.63, 3.8) is 0 Å². The number of rotatable bonds is 5. The number of nitrogens with zero attached hydrogens (tertiary/aromatic N) is 3. The summed E-state index contributed by atoms with van der Waals surface area (Å²) in [7, 11) is 2.23. The lowest BCUT2D eigenvalue weighted by Crippen LogP contribution is -2.41. The third kappa shape index (κ3) is 5.45. The Kier molecular flexibility index (Phi) is 7.00. The fourth-order valence-electron chi connectivity index (χ4n) is 3.95. The standard InChI is InChI=1S/C18H36N4/c1-5-19-18(20-12-17-7-6-9-21(4)13-17)22-10-8-16(14-22)11-15(2)3/h15-17H,5-14H2,1-4H3,(H,19,20). The summed E-state index contributed by atoms with van der Waals surface area (Å²) >= 11 is 0. The van der Waals surface area contributed by atoms with E-state index in [1.54, 1.807) is 0 Å². The molecular formula is C18H36N4. The predicted molar refractivity (Wildman–Crippen MR) is 95.3 cm³/mol. The van der Waals surface area contributed by atoms with Crippen LogP contribution in [0, 0.1) is 17.8 Å². The van der Waals surface area contributed by atoms with Crippen molar-refractivity contribution in [1.29, 1.82) is 0 Å². The zero-order valence-electron chi connectivity index (χ0n) is 15.1. The van der Waals surface area contributed by atoms with E-state index in [1.807, 2.05) is 0 Å². The molecule has 0 radical (unpaired) electrons. The zero-order chi connectivity index (χ0) is 15.9. The molecule has 0 aromatic carbocycles. The molecule has 2 aliphatic heterocycles. The van der Waals surface area contributed by atoms with Gasteiger partial charge in [-0.05, 0) is 64.0 Å². The SMILES string of the molecule is CCNC(=NCC1CCCN(C)C1)N1CCC(CC(C)C)C1. The molecule has 2 aliphatic rings. The Morgan fingerprint density at radius 3 is 2.68 bits per heavy atom. The van der Waals surface area contributed by atoms with E-state index < -0.39 is 0 Å². The summed E-state index contributed by atoms with van der Waals surface area (Å²) in [5, 5.41) is 3.51. The van der Waals surface area contributed by atoms with Gasteiger partial charge in [0.25, 0.3) is 0 Å². The molecule has 22 heavy (non-hydrogen) atoms. The van der Waals surface area contributed by atoms with E-state index in [1.165, 1.54) is 51.9 Å². The maximum absolute atomic E-state index is 4.97. The van der Waals surface area contributed by atoms with Crippen molar-refractivity contribution in [1.82, 2.24) is 15.1 Å². The van der Waals surface area contributed by atoms with Crippen LogP contribution in [0.5, 0.6) is 0 Å². The van der Waals surface area contributed by atoms with Crippen LogP contribution in [0.3, 0.4) is 0 Å². The predicted octanol–water partition coefficient (Wildman–Crippen LogP) is 2.66. The summed E-state index contributed by atoms with van der Waals surface area (Å²) in [6.45, 7) is 13.6. The quantitative estimate of drug-likeness (QED) is 0.626. The van der Waals surface area contributed by atoms with Gasteiger partial charge in [0, 0.05) is 32.7 Å². The molecule has 2 saturated heterocycles. The lowest BCUT2D eigenvalue weighted by Gasteiger charge is -2.29. The van der Waals surface area contributed by atoms with Gasteiger partial charge in [-0.1, -0.05) is 13.8 Å². The van der Waals surface area contributed by atoms with Crippen molar-refractivity contribution >= 4 is 5.96 Å². The van der Waals surface area contributed by atoms with Crippen LogP contribution in [-0.4, -0.2) is 62.1 Å². The highest BCUT2D eigenvalue weighted by Crippen LogP contribution is 2.23. The Balaban J connectivity index is 1.87. The molecule has 0 aromatic heterocycles. The smallest absolute Gasteiger partial charge is 0.193 e. The fourth-order valence-corrected chi connectivity index (χ4v) is 3.95. The van der Waals surface area contributed by atoms with Gasteiger partial charge in [-0.15, -0.1) is 0 Å². The second kappa shape index (κ2) is 8.76. The summed E-state index contributed by atoms with van der Waals surface area (Å²) in [4.78, 5) is 9.91. The van der Waals surface area contributed by atoms with Gasteiger partial charge in [0.05, 0.1) is 0 Å². The highest BCUT2D eigenvalue weighted by atomic mass is 15.3. The highest BCUT2D eigenvalue weighted by Gasteiger charge is 2.25. The minimum absolute atomic E-state index is 0.737. The number of guanidine groups is 1. The molecule has 0 saturated carbocycles. The molecule has 1 N–H and O–H groups in total. The lowest BCUT2D eigenvalue weighted by atomic mass is 9.97. The molecule has 0 bridgehead atoms. The summed E-state index contributed by atoms with van der Waals surface area (Å²) in [5.74, 6) is 3.55. The molecule has 128 valence electrons. The van der Waals surface area contributed by atoms with Crippen molar-refractivity contribution < 1.29 is 0 Å². The second-order valence-electron chi connectivity index (χ2n) is 7.70. The summed E-state index contributed by atoms with van der Waals surface area (Å²) < 4.78 is 0. The molecule has 0 spiro atoms. The summed E-state index contributed by atoms with van der Waals surface area (Å²) in [6.07, 6.45) is 5.34. The average molecular weight is 309 g/mol. The molecule has 0 amide bonds. The van der Waals surface area contributed by atoms with E-state index in [0.29, 0.717) is 0 Å². The first kappa shape index (κ1) is 17.6. The average Bonchev–Trinajstić information content (AvgIpc) is 2.91. The first-order chi connectivity index (χ1) is 10.6. The van der Waals surface area contributed by atoms with Crippen molar-refractivity contribution in [2.45, 2.75) is 46.5 Å². The molecule has 2 rings (SSSR count). The number of aliphatic imine (C=N–C) groups is 1. The van der Waals surface area contributed by atoms with Gasteiger partial charge in [-0.25, -0.2) is 0 Å². The fraction of sp³-hybridized carbons (Fsp3) is 0.944. The zero-order valence-corrected chi connectivity index (χ0v) is 15.1. The Morgan fingerprint density at radius 2 is 2.00 bits per heavy atom. The highest BCUT2D eigenvalue weighted by molar-refractivity contribution is 5.80. The van der Waals surface area contributed by atoms with E-state index in [4.69, 9.17) is 4.99 Å². The number of hydrogen-bond acceptors (Lipinski definition) is 2. The van der Waals surface area contributed by atoms with Crippen molar-refractivity contribution in [3.8, 4) is 0 Å². The van der Waals surface area contributed by atoms with E-state index >= 15 is 0 Å².